The van der Waals surface area contributed by atoms with Gasteiger partial charge < -0.3 is 20.1 Å². The normalized spacial score (nSPS) is 16.2. The van der Waals surface area contributed by atoms with Crippen molar-refractivity contribution in [2.75, 3.05) is 26.8 Å². The molecule has 152 valence electrons. The Balaban J connectivity index is 1.81. The second-order valence-electron chi connectivity index (χ2n) is 8.06. The third-order valence-corrected chi connectivity index (χ3v) is 5.37. The Labute approximate surface area is 164 Å². The van der Waals surface area contributed by atoms with Gasteiger partial charge in [0.2, 0.25) is 5.91 Å². The molecule has 1 amide bonds. The second-order valence-corrected chi connectivity index (χ2v) is 8.06. The number of benzene rings is 1. The number of hydrogen-bond donors (Lipinski definition) is 2. The number of methoxy groups -OCH3 is 1. The molecule has 0 aliphatic carbocycles. The van der Waals surface area contributed by atoms with Crippen molar-refractivity contribution >= 4 is 5.91 Å². The number of ether oxygens (including phenoxy) is 2. The van der Waals surface area contributed by atoms with Crippen LogP contribution >= 0.6 is 0 Å². The lowest BCUT2D eigenvalue weighted by molar-refractivity contribution is -0.122. The zero-order chi connectivity index (χ0) is 19.6. The van der Waals surface area contributed by atoms with E-state index in [1.54, 1.807) is 7.11 Å². The predicted octanol–water partition coefficient (Wildman–Crippen LogP) is 3.76. The van der Waals surface area contributed by atoms with E-state index in [2.05, 4.69) is 31.4 Å². The summed E-state index contributed by atoms with van der Waals surface area (Å²) in [6.07, 6.45) is 3.95. The molecule has 2 N–H and O–H groups in total. The van der Waals surface area contributed by atoms with Gasteiger partial charge in [-0.25, -0.2) is 0 Å². The first-order chi connectivity index (χ1) is 13.0. The van der Waals surface area contributed by atoms with Crippen molar-refractivity contribution in [3.8, 4) is 11.5 Å². The fraction of sp³-hybridized carbons (Fsp3) is 0.682. The maximum absolute atomic E-state index is 12.3. The topological polar surface area (TPSA) is 59.6 Å². The van der Waals surface area contributed by atoms with E-state index in [1.165, 1.54) is 12.8 Å². The summed E-state index contributed by atoms with van der Waals surface area (Å²) in [4.78, 5) is 12.3. The van der Waals surface area contributed by atoms with Crippen molar-refractivity contribution < 1.29 is 14.3 Å². The number of rotatable bonds is 10. The molecule has 5 heteroatoms. The van der Waals surface area contributed by atoms with E-state index in [0.29, 0.717) is 43.1 Å². The highest BCUT2D eigenvalue weighted by atomic mass is 16.5. The molecule has 5 nitrogen and oxygen atoms in total. The molecule has 1 aromatic rings. The third-order valence-electron chi connectivity index (χ3n) is 5.37. The molecule has 2 rings (SSSR count). The largest absolute Gasteiger partial charge is 0.493 e. The molecule has 27 heavy (non-hydrogen) atoms. The smallest absolute Gasteiger partial charge is 0.220 e. The summed E-state index contributed by atoms with van der Waals surface area (Å²) < 4.78 is 11.3. The van der Waals surface area contributed by atoms with Crippen molar-refractivity contribution in [3.63, 3.8) is 0 Å². The van der Waals surface area contributed by atoms with Crippen LogP contribution in [0.1, 0.15) is 52.0 Å². The summed E-state index contributed by atoms with van der Waals surface area (Å²) in [6.45, 7) is 9.89. The molecular weight excluding hydrogens is 340 g/mol. The summed E-state index contributed by atoms with van der Waals surface area (Å²) in [5, 5.41) is 6.43. The van der Waals surface area contributed by atoms with E-state index in [9.17, 15) is 4.79 Å². The summed E-state index contributed by atoms with van der Waals surface area (Å²) >= 11 is 0. The summed E-state index contributed by atoms with van der Waals surface area (Å²) in [5.41, 5.74) is 1.02. The molecule has 0 saturated carbocycles. The Morgan fingerprint density at radius 3 is 2.63 bits per heavy atom. The minimum absolute atomic E-state index is 0.122. The highest BCUT2D eigenvalue weighted by Gasteiger charge is 2.21. The zero-order valence-electron chi connectivity index (χ0n) is 17.3. The maximum atomic E-state index is 12.3. The van der Waals surface area contributed by atoms with Crippen LogP contribution in [0, 0.1) is 17.8 Å². The Morgan fingerprint density at radius 2 is 1.96 bits per heavy atom. The predicted molar refractivity (Wildman–Crippen MR) is 109 cm³/mol. The highest BCUT2D eigenvalue weighted by molar-refractivity contribution is 5.76. The standard InChI is InChI=1S/C22H36N2O3/c1-16(2)9-12-27-20-6-5-18(14-21(20)26-4)15-24-22(25)13-17(3)19-7-10-23-11-8-19/h5-6,14,16-17,19,23H,7-13,15H2,1-4H3,(H,24,25). The molecule has 1 unspecified atom stereocenters. The van der Waals surface area contributed by atoms with Gasteiger partial charge in [-0.15, -0.1) is 0 Å². The summed E-state index contributed by atoms with van der Waals surface area (Å²) in [7, 11) is 1.65. The first kappa shape index (κ1) is 21.5. The Bertz CT molecular complexity index is 583. The second kappa shape index (κ2) is 11.2. The summed E-state index contributed by atoms with van der Waals surface area (Å²) in [6, 6.07) is 5.86. The minimum atomic E-state index is 0.122. The van der Waals surface area contributed by atoms with Crippen molar-refractivity contribution in [1.29, 1.82) is 0 Å². The zero-order valence-corrected chi connectivity index (χ0v) is 17.3. The molecule has 1 saturated heterocycles. The van der Waals surface area contributed by atoms with Crippen LogP contribution in [0.15, 0.2) is 18.2 Å². The molecule has 0 aromatic heterocycles. The van der Waals surface area contributed by atoms with Crippen molar-refractivity contribution in [2.45, 2.75) is 53.0 Å². The lowest BCUT2D eigenvalue weighted by atomic mass is 9.84. The molecule has 1 aromatic carbocycles. The monoisotopic (exact) mass is 376 g/mol. The highest BCUT2D eigenvalue weighted by Crippen LogP contribution is 2.28. The van der Waals surface area contributed by atoms with E-state index >= 15 is 0 Å². The molecule has 1 atom stereocenters. The Morgan fingerprint density at radius 1 is 1.22 bits per heavy atom. The van der Waals surface area contributed by atoms with Crippen LogP contribution in [0.2, 0.25) is 0 Å². The molecule has 1 aliphatic rings. The first-order valence-corrected chi connectivity index (χ1v) is 10.3. The molecule has 1 fully saturated rings. The van der Waals surface area contributed by atoms with E-state index in [-0.39, 0.29) is 5.91 Å². The van der Waals surface area contributed by atoms with Crippen molar-refractivity contribution in [1.82, 2.24) is 10.6 Å². The fourth-order valence-electron chi connectivity index (χ4n) is 3.49. The number of nitrogens with one attached hydrogen (secondary N) is 2. The van der Waals surface area contributed by atoms with E-state index in [1.807, 2.05) is 18.2 Å². The number of amides is 1. The van der Waals surface area contributed by atoms with Gasteiger partial charge in [-0.2, -0.15) is 0 Å². The van der Waals surface area contributed by atoms with Crippen molar-refractivity contribution in [3.05, 3.63) is 23.8 Å². The van der Waals surface area contributed by atoms with Crippen LogP contribution in [0.3, 0.4) is 0 Å². The van der Waals surface area contributed by atoms with Crippen LogP contribution in [0.25, 0.3) is 0 Å². The SMILES string of the molecule is COc1cc(CNC(=O)CC(C)C2CCNCC2)ccc1OCCC(C)C. The van der Waals surface area contributed by atoms with E-state index in [4.69, 9.17) is 9.47 Å². The molecule has 1 heterocycles. The molecular formula is C22H36N2O3. The van der Waals surface area contributed by atoms with Crippen LogP contribution in [-0.4, -0.2) is 32.7 Å². The van der Waals surface area contributed by atoms with Gasteiger partial charge in [-0.1, -0.05) is 26.8 Å². The Hall–Kier alpha value is -1.75. The van der Waals surface area contributed by atoms with Gasteiger partial charge >= 0.3 is 0 Å². The van der Waals surface area contributed by atoms with Crippen LogP contribution in [0.4, 0.5) is 0 Å². The van der Waals surface area contributed by atoms with Crippen molar-refractivity contribution in [2.24, 2.45) is 17.8 Å². The van der Waals surface area contributed by atoms with Gasteiger partial charge in [-0.05, 0) is 67.8 Å². The van der Waals surface area contributed by atoms with Gasteiger partial charge in [0, 0.05) is 13.0 Å². The van der Waals surface area contributed by atoms with Crippen LogP contribution in [0.5, 0.6) is 11.5 Å². The Kier molecular flexibility index (Phi) is 8.92. The molecule has 1 aliphatic heterocycles. The number of carbonyl (C=O) groups is 1. The average molecular weight is 377 g/mol. The quantitative estimate of drug-likeness (QED) is 0.653. The van der Waals surface area contributed by atoms with E-state index < -0.39 is 0 Å². The molecule has 0 bridgehead atoms. The number of hydrogen-bond acceptors (Lipinski definition) is 4. The average Bonchev–Trinajstić information content (AvgIpc) is 2.67. The van der Waals surface area contributed by atoms with Gasteiger partial charge in [0.25, 0.3) is 0 Å². The van der Waals surface area contributed by atoms with Crippen LogP contribution in [-0.2, 0) is 11.3 Å². The molecule has 0 spiro atoms. The first-order valence-electron chi connectivity index (χ1n) is 10.3. The van der Waals surface area contributed by atoms with Gasteiger partial charge in [0.1, 0.15) is 0 Å². The van der Waals surface area contributed by atoms with Gasteiger partial charge in [0.05, 0.1) is 13.7 Å². The minimum Gasteiger partial charge on any atom is -0.493 e. The van der Waals surface area contributed by atoms with E-state index in [0.717, 1.165) is 30.8 Å². The number of carbonyl (C=O) groups excluding carboxylic acids is 1. The lowest BCUT2D eigenvalue weighted by Gasteiger charge is -2.27. The summed E-state index contributed by atoms with van der Waals surface area (Å²) in [5.74, 6) is 3.29. The third kappa shape index (κ3) is 7.41. The number of piperidine rings is 1. The lowest BCUT2D eigenvalue weighted by Crippen LogP contribution is -2.33. The van der Waals surface area contributed by atoms with Crippen LogP contribution < -0.4 is 20.1 Å². The molecule has 0 radical (unpaired) electrons. The van der Waals surface area contributed by atoms with Gasteiger partial charge in [-0.3, -0.25) is 4.79 Å². The fourth-order valence-corrected chi connectivity index (χ4v) is 3.49. The maximum Gasteiger partial charge on any atom is 0.220 e. The van der Waals surface area contributed by atoms with Gasteiger partial charge in [0.15, 0.2) is 11.5 Å².